The summed E-state index contributed by atoms with van der Waals surface area (Å²) < 4.78 is 0. The quantitative estimate of drug-likeness (QED) is 0.371. The predicted octanol–water partition coefficient (Wildman–Crippen LogP) is 1.13. The Balaban J connectivity index is 3.30. The first kappa shape index (κ1) is 5.08. The molecule has 2 nitrogen and oxygen atoms in total. The number of hydrogen-bond acceptors (Lipinski definition) is 2. The zero-order chi connectivity index (χ0) is 4.99. The van der Waals surface area contributed by atoms with Crippen molar-refractivity contribution in [3.63, 3.8) is 0 Å². The van der Waals surface area contributed by atoms with Gasteiger partial charge >= 0.3 is 0 Å². The molecule has 0 aromatic heterocycles. The standard InChI is InChI=1S/C4H6O2/c1-4(6)2-3-5/h2-3,5-6H,1H2/b3-2-. The van der Waals surface area contributed by atoms with Crippen LogP contribution in [0.25, 0.3) is 0 Å². The van der Waals surface area contributed by atoms with Crippen LogP contribution in [0.4, 0.5) is 0 Å². The lowest BCUT2D eigenvalue weighted by atomic mass is 10.6. The molecule has 0 bridgehead atoms. The van der Waals surface area contributed by atoms with Crippen molar-refractivity contribution in [3.05, 3.63) is 24.7 Å². The Morgan fingerprint density at radius 3 is 2.17 bits per heavy atom. The van der Waals surface area contributed by atoms with Crippen molar-refractivity contribution < 1.29 is 10.2 Å². The maximum absolute atomic E-state index is 8.11. The topological polar surface area (TPSA) is 40.5 Å². The summed E-state index contributed by atoms with van der Waals surface area (Å²) in [5.41, 5.74) is 0. The second-order valence-electron chi connectivity index (χ2n) is 0.807. The molecule has 0 saturated carbocycles. The second kappa shape index (κ2) is 2.33. The highest BCUT2D eigenvalue weighted by atomic mass is 16.3. The van der Waals surface area contributed by atoms with Gasteiger partial charge in [-0.3, -0.25) is 0 Å². The Kier molecular flexibility index (Phi) is 1.97. The maximum Gasteiger partial charge on any atom is 0.111 e. The van der Waals surface area contributed by atoms with Crippen LogP contribution in [-0.4, -0.2) is 10.2 Å². The third-order valence-corrected chi connectivity index (χ3v) is 0.267. The van der Waals surface area contributed by atoms with Crippen molar-refractivity contribution in [2.45, 2.75) is 0 Å². The molecule has 0 aromatic rings. The van der Waals surface area contributed by atoms with Crippen molar-refractivity contribution in [3.8, 4) is 0 Å². The second-order valence-corrected chi connectivity index (χ2v) is 0.807. The van der Waals surface area contributed by atoms with Crippen molar-refractivity contribution in [1.82, 2.24) is 0 Å². The van der Waals surface area contributed by atoms with Gasteiger partial charge in [0.05, 0.1) is 6.26 Å². The molecule has 0 fully saturated rings. The molecule has 0 aliphatic carbocycles. The smallest absolute Gasteiger partial charge is 0.111 e. The van der Waals surface area contributed by atoms with E-state index in [1.54, 1.807) is 0 Å². The minimum atomic E-state index is -0.141. The number of aliphatic hydroxyl groups is 2. The third-order valence-electron chi connectivity index (χ3n) is 0.267. The fourth-order valence-electron chi connectivity index (χ4n) is 0.0860. The monoisotopic (exact) mass is 86.0 g/mol. The van der Waals surface area contributed by atoms with Crippen LogP contribution in [0.2, 0.25) is 0 Å². The van der Waals surface area contributed by atoms with Crippen molar-refractivity contribution in [1.29, 1.82) is 0 Å². The highest BCUT2D eigenvalue weighted by molar-refractivity contribution is 5.01. The van der Waals surface area contributed by atoms with E-state index in [1.807, 2.05) is 0 Å². The number of rotatable bonds is 1. The normalized spacial score (nSPS) is 9.33. The summed E-state index contributed by atoms with van der Waals surface area (Å²) >= 11 is 0. The van der Waals surface area contributed by atoms with Crippen LogP contribution < -0.4 is 0 Å². The lowest BCUT2D eigenvalue weighted by Crippen LogP contribution is -1.63. The molecular formula is C4H6O2. The third kappa shape index (κ3) is 3.08. The molecule has 34 valence electrons. The first-order valence-electron chi connectivity index (χ1n) is 1.46. The van der Waals surface area contributed by atoms with Crippen LogP contribution in [-0.2, 0) is 0 Å². The van der Waals surface area contributed by atoms with Crippen LogP contribution in [0.1, 0.15) is 0 Å². The molecule has 2 N–H and O–H groups in total. The van der Waals surface area contributed by atoms with Crippen LogP contribution in [0.3, 0.4) is 0 Å². The molecule has 0 heterocycles. The molecule has 6 heavy (non-hydrogen) atoms. The molecule has 0 atom stereocenters. The van der Waals surface area contributed by atoms with E-state index in [-0.39, 0.29) is 5.76 Å². The predicted molar refractivity (Wildman–Crippen MR) is 23.5 cm³/mol. The van der Waals surface area contributed by atoms with E-state index in [0.717, 1.165) is 12.3 Å². The molecule has 0 saturated heterocycles. The maximum atomic E-state index is 8.11. The fraction of sp³-hybridized carbons (Fsp3) is 0. The molecular weight excluding hydrogens is 80.0 g/mol. The minimum absolute atomic E-state index is 0.141. The lowest BCUT2D eigenvalue weighted by Gasteiger charge is -1.76. The summed E-state index contributed by atoms with van der Waals surface area (Å²) in [5.74, 6) is -0.141. The first-order chi connectivity index (χ1) is 2.77. The average molecular weight is 86.1 g/mol. The largest absolute Gasteiger partial charge is 0.515 e. The van der Waals surface area contributed by atoms with E-state index in [2.05, 4.69) is 6.58 Å². The molecule has 0 radical (unpaired) electrons. The van der Waals surface area contributed by atoms with Crippen molar-refractivity contribution >= 4 is 0 Å². The lowest BCUT2D eigenvalue weighted by molar-refractivity contribution is 0.423. The van der Waals surface area contributed by atoms with Gasteiger partial charge in [0.25, 0.3) is 0 Å². The van der Waals surface area contributed by atoms with E-state index in [1.165, 1.54) is 0 Å². The Morgan fingerprint density at radius 1 is 1.67 bits per heavy atom. The minimum Gasteiger partial charge on any atom is -0.515 e. The molecule has 0 aliphatic heterocycles. The van der Waals surface area contributed by atoms with Crippen molar-refractivity contribution in [2.75, 3.05) is 0 Å². The summed E-state index contributed by atoms with van der Waals surface area (Å²) in [4.78, 5) is 0. The summed E-state index contributed by atoms with van der Waals surface area (Å²) in [7, 11) is 0. The van der Waals surface area contributed by atoms with Crippen molar-refractivity contribution in [2.24, 2.45) is 0 Å². The number of hydrogen-bond donors (Lipinski definition) is 2. The summed E-state index contributed by atoms with van der Waals surface area (Å²) in [6, 6.07) is 0. The van der Waals surface area contributed by atoms with Crippen LogP contribution in [0, 0.1) is 0 Å². The first-order valence-corrected chi connectivity index (χ1v) is 1.46. The summed E-state index contributed by atoms with van der Waals surface area (Å²) in [6.45, 7) is 3.05. The molecule has 0 amide bonds. The molecule has 0 spiro atoms. The van der Waals surface area contributed by atoms with Gasteiger partial charge in [0.2, 0.25) is 0 Å². The highest BCUT2D eigenvalue weighted by Crippen LogP contribution is 1.79. The Hall–Kier alpha value is -0.920. The molecule has 0 aromatic carbocycles. The Labute approximate surface area is 36.0 Å². The summed E-state index contributed by atoms with van der Waals surface area (Å²) in [5, 5.41) is 15.9. The van der Waals surface area contributed by atoms with Gasteiger partial charge in [-0.2, -0.15) is 0 Å². The average Bonchev–Trinajstić information content (AvgIpc) is 1.35. The van der Waals surface area contributed by atoms with Gasteiger partial charge in [-0.15, -0.1) is 0 Å². The van der Waals surface area contributed by atoms with E-state index in [4.69, 9.17) is 10.2 Å². The fourth-order valence-corrected chi connectivity index (χ4v) is 0.0860. The van der Waals surface area contributed by atoms with Gasteiger partial charge in [-0.25, -0.2) is 0 Å². The molecule has 0 rings (SSSR count). The Bertz CT molecular complexity index is 73.6. The van der Waals surface area contributed by atoms with E-state index in [0.29, 0.717) is 0 Å². The molecule has 0 aliphatic rings. The van der Waals surface area contributed by atoms with Crippen LogP contribution in [0.15, 0.2) is 24.7 Å². The van der Waals surface area contributed by atoms with Gasteiger partial charge < -0.3 is 10.2 Å². The van der Waals surface area contributed by atoms with Gasteiger partial charge in [0, 0.05) is 6.08 Å². The zero-order valence-corrected chi connectivity index (χ0v) is 3.26. The van der Waals surface area contributed by atoms with Gasteiger partial charge in [-0.05, 0) is 0 Å². The van der Waals surface area contributed by atoms with Crippen LogP contribution in [0.5, 0.6) is 0 Å². The van der Waals surface area contributed by atoms with E-state index >= 15 is 0 Å². The zero-order valence-electron chi connectivity index (χ0n) is 3.26. The summed E-state index contributed by atoms with van der Waals surface area (Å²) in [6.07, 6.45) is 1.81. The van der Waals surface area contributed by atoms with E-state index in [9.17, 15) is 0 Å². The van der Waals surface area contributed by atoms with Gasteiger partial charge in [0.1, 0.15) is 5.76 Å². The number of aliphatic hydroxyl groups excluding tert-OH is 2. The van der Waals surface area contributed by atoms with Gasteiger partial charge in [-0.1, -0.05) is 6.58 Å². The Morgan fingerprint density at radius 2 is 2.17 bits per heavy atom. The molecule has 2 heteroatoms. The van der Waals surface area contributed by atoms with E-state index < -0.39 is 0 Å². The highest BCUT2D eigenvalue weighted by Gasteiger charge is 1.68. The van der Waals surface area contributed by atoms with Gasteiger partial charge in [0.15, 0.2) is 0 Å². The molecule has 0 unspecified atom stereocenters. The SMILES string of the molecule is C=C(O)/C=C\O. The van der Waals surface area contributed by atoms with Crippen LogP contribution >= 0.6 is 0 Å². The number of allylic oxidation sites excluding steroid dienone is 1.